The van der Waals surface area contributed by atoms with Gasteiger partial charge in [0.25, 0.3) is 0 Å². The van der Waals surface area contributed by atoms with Crippen LogP contribution in [0.4, 0.5) is 11.8 Å². The van der Waals surface area contributed by atoms with E-state index in [1.54, 1.807) is 13.2 Å². The van der Waals surface area contributed by atoms with Crippen molar-refractivity contribution in [2.24, 2.45) is 0 Å². The van der Waals surface area contributed by atoms with Crippen LogP contribution in [0.25, 0.3) is 0 Å². The highest BCUT2D eigenvalue weighted by Gasteiger charge is 1.95. The minimum Gasteiger partial charge on any atom is -0.382 e. The molecule has 15 heavy (non-hydrogen) atoms. The van der Waals surface area contributed by atoms with E-state index in [1.165, 1.54) is 0 Å². The zero-order valence-corrected chi connectivity index (χ0v) is 9.29. The molecular formula is C10H18N4O. The van der Waals surface area contributed by atoms with Crippen molar-refractivity contribution in [3.8, 4) is 0 Å². The van der Waals surface area contributed by atoms with Gasteiger partial charge in [-0.2, -0.15) is 4.98 Å². The third-order valence-electron chi connectivity index (χ3n) is 1.85. The van der Waals surface area contributed by atoms with Gasteiger partial charge in [-0.3, -0.25) is 0 Å². The van der Waals surface area contributed by atoms with E-state index in [0.29, 0.717) is 5.95 Å². The number of nitrogens with zero attached hydrogens (tertiary/aromatic N) is 2. The molecule has 0 aliphatic heterocycles. The average Bonchev–Trinajstić information content (AvgIpc) is 2.29. The van der Waals surface area contributed by atoms with Crippen LogP contribution in [0.2, 0.25) is 0 Å². The molecule has 0 bridgehead atoms. The Labute approximate surface area is 90.3 Å². The summed E-state index contributed by atoms with van der Waals surface area (Å²) in [6.07, 6.45) is 2.70. The molecule has 0 radical (unpaired) electrons. The molecule has 0 aromatic carbocycles. The number of ether oxygens (including phenoxy) is 1. The molecule has 2 N–H and O–H groups in total. The first-order valence-electron chi connectivity index (χ1n) is 5.19. The van der Waals surface area contributed by atoms with Gasteiger partial charge in [0.1, 0.15) is 5.82 Å². The second kappa shape index (κ2) is 7.00. The van der Waals surface area contributed by atoms with Gasteiger partial charge < -0.3 is 15.4 Å². The van der Waals surface area contributed by atoms with Gasteiger partial charge in [0.2, 0.25) is 5.95 Å². The van der Waals surface area contributed by atoms with Crippen LogP contribution in [-0.4, -0.2) is 36.8 Å². The molecule has 0 fully saturated rings. The van der Waals surface area contributed by atoms with Crippen molar-refractivity contribution in [3.05, 3.63) is 12.3 Å². The molecule has 0 atom stereocenters. The molecule has 1 aromatic heterocycles. The van der Waals surface area contributed by atoms with E-state index in [-0.39, 0.29) is 0 Å². The Morgan fingerprint density at radius 3 is 3.07 bits per heavy atom. The lowest BCUT2D eigenvalue weighted by Gasteiger charge is -2.06. The highest BCUT2D eigenvalue weighted by molar-refractivity contribution is 5.38. The van der Waals surface area contributed by atoms with Gasteiger partial charge in [0.05, 0.1) is 0 Å². The predicted octanol–water partition coefficient (Wildman–Crippen LogP) is 1.36. The second-order valence-electron chi connectivity index (χ2n) is 2.99. The summed E-state index contributed by atoms with van der Waals surface area (Å²) in [5, 5.41) is 6.10. The van der Waals surface area contributed by atoms with Gasteiger partial charge in [0, 0.05) is 33.0 Å². The van der Waals surface area contributed by atoms with Gasteiger partial charge in [0.15, 0.2) is 0 Å². The van der Waals surface area contributed by atoms with Crippen LogP contribution in [0.3, 0.4) is 0 Å². The van der Waals surface area contributed by atoms with E-state index in [4.69, 9.17) is 4.74 Å². The molecule has 84 valence electrons. The van der Waals surface area contributed by atoms with Gasteiger partial charge in [-0.1, -0.05) is 0 Å². The van der Waals surface area contributed by atoms with Crippen LogP contribution >= 0.6 is 0 Å². The summed E-state index contributed by atoms with van der Waals surface area (Å²) >= 11 is 0. The van der Waals surface area contributed by atoms with Crippen LogP contribution in [0, 0.1) is 0 Å². The third kappa shape index (κ3) is 4.60. The van der Waals surface area contributed by atoms with Gasteiger partial charge in [-0.15, -0.1) is 0 Å². The molecule has 0 aliphatic carbocycles. The van der Waals surface area contributed by atoms with Crippen molar-refractivity contribution < 1.29 is 4.74 Å². The minimum absolute atomic E-state index is 0.629. The van der Waals surface area contributed by atoms with Crippen molar-refractivity contribution in [2.45, 2.75) is 13.3 Å². The number of aromatic nitrogens is 2. The molecule has 0 amide bonds. The quantitative estimate of drug-likeness (QED) is 0.665. The molecule has 0 saturated heterocycles. The molecule has 1 heterocycles. The topological polar surface area (TPSA) is 59.1 Å². The molecule has 0 saturated carbocycles. The van der Waals surface area contributed by atoms with Crippen LogP contribution in [-0.2, 0) is 4.74 Å². The molecule has 0 aliphatic rings. The number of anilines is 2. The van der Waals surface area contributed by atoms with Crippen molar-refractivity contribution in [3.63, 3.8) is 0 Å². The van der Waals surface area contributed by atoms with Crippen molar-refractivity contribution >= 4 is 11.8 Å². The van der Waals surface area contributed by atoms with E-state index in [0.717, 1.165) is 32.0 Å². The molecule has 1 rings (SSSR count). The standard InChI is InChI=1S/C10H18N4O/c1-3-15-8-4-6-12-9-5-7-13-10(11-2)14-9/h5,7H,3-4,6,8H2,1-2H3,(H2,11,12,13,14). The molecule has 5 nitrogen and oxygen atoms in total. The van der Waals surface area contributed by atoms with E-state index in [1.807, 2.05) is 13.0 Å². The molecule has 1 aromatic rings. The predicted molar refractivity (Wildman–Crippen MR) is 61.2 cm³/mol. The summed E-state index contributed by atoms with van der Waals surface area (Å²) in [4.78, 5) is 8.26. The Bertz CT molecular complexity index is 280. The Morgan fingerprint density at radius 1 is 1.47 bits per heavy atom. The maximum atomic E-state index is 5.23. The zero-order valence-electron chi connectivity index (χ0n) is 9.29. The smallest absolute Gasteiger partial charge is 0.224 e. The van der Waals surface area contributed by atoms with Crippen LogP contribution in [0.5, 0.6) is 0 Å². The summed E-state index contributed by atoms with van der Waals surface area (Å²) in [6, 6.07) is 1.85. The van der Waals surface area contributed by atoms with E-state index in [9.17, 15) is 0 Å². The molecular weight excluding hydrogens is 192 g/mol. The fraction of sp³-hybridized carbons (Fsp3) is 0.600. The van der Waals surface area contributed by atoms with Crippen LogP contribution in [0.1, 0.15) is 13.3 Å². The van der Waals surface area contributed by atoms with Crippen LogP contribution < -0.4 is 10.6 Å². The number of rotatable bonds is 7. The van der Waals surface area contributed by atoms with Gasteiger partial charge in [-0.25, -0.2) is 4.98 Å². The van der Waals surface area contributed by atoms with Crippen molar-refractivity contribution in [1.29, 1.82) is 0 Å². The van der Waals surface area contributed by atoms with E-state index in [2.05, 4.69) is 20.6 Å². The fourth-order valence-corrected chi connectivity index (χ4v) is 1.11. The average molecular weight is 210 g/mol. The van der Waals surface area contributed by atoms with E-state index >= 15 is 0 Å². The Balaban J connectivity index is 2.24. The fourth-order valence-electron chi connectivity index (χ4n) is 1.11. The summed E-state index contributed by atoms with van der Waals surface area (Å²) in [7, 11) is 1.80. The number of hydrogen-bond donors (Lipinski definition) is 2. The summed E-state index contributed by atoms with van der Waals surface area (Å²) in [6.45, 7) is 4.42. The highest BCUT2D eigenvalue weighted by Crippen LogP contribution is 2.04. The lowest BCUT2D eigenvalue weighted by atomic mass is 10.4. The van der Waals surface area contributed by atoms with Gasteiger partial charge >= 0.3 is 0 Å². The molecule has 0 spiro atoms. The van der Waals surface area contributed by atoms with Gasteiger partial charge in [-0.05, 0) is 19.4 Å². The summed E-state index contributed by atoms with van der Waals surface area (Å²) < 4.78 is 5.23. The van der Waals surface area contributed by atoms with Crippen molar-refractivity contribution in [1.82, 2.24) is 9.97 Å². The van der Waals surface area contributed by atoms with E-state index < -0.39 is 0 Å². The lowest BCUT2D eigenvalue weighted by Crippen LogP contribution is -2.08. The number of hydrogen-bond acceptors (Lipinski definition) is 5. The highest BCUT2D eigenvalue weighted by atomic mass is 16.5. The van der Waals surface area contributed by atoms with Crippen molar-refractivity contribution in [2.75, 3.05) is 37.4 Å². The molecule has 5 heteroatoms. The number of nitrogens with one attached hydrogen (secondary N) is 2. The first-order valence-corrected chi connectivity index (χ1v) is 5.19. The molecule has 0 unspecified atom stereocenters. The normalized spacial score (nSPS) is 10.0. The third-order valence-corrected chi connectivity index (χ3v) is 1.85. The maximum Gasteiger partial charge on any atom is 0.224 e. The summed E-state index contributed by atoms with van der Waals surface area (Å²) in [5.41, 5.74) is 0. The first-order chi connectivity index (χ1) is 7.36. The lowest BCUT2D eigenvalue weighted by molar-refractivity contribution is 0.147. The second-order valence-corrected chi connectivity index (χ2v) is 2.99. The zero-order chi connectivity index (χ0) is 10.9. The van der Waals surface area contributed by atoms with Crippen LogP contribution in [0.15, 0.2) is 12.3 Å². The first kappa shape index (κ1) is 11.7. The Morgan fingerprint density at radius 2 is 2.33 bits per heavy atom. The minimum atomic E-state index is 0.629. The maximum absolute atomic E-state index is 5.23. The largest absolute Gasteiger partial charge is 0.382 e. The SMILES string of the molecule is CCOCCCNc1ccnc(NC)n1. The monoisotopic (exact) mass is 210 g/mol. The summed E-state index contributed by atoms with van der Waals surface area (Å²) in [5.74, 6) is 1.47. The Kier molecular flexibility index (Phi) is 5.47. The Hall–Kier alpha value is -1.36.